The quantitative estimate of drug-likeness (QED) is 0.899. The number of hydrogen-bond donors (Lipinski definition) is 1. The molecule has 0 aliphatic heterocycles. The topological polar surface area (TPSA) is 61.0 Å². The van der Waals surface area contributed by atoms with E-state index in [2.05, 4.69) is 28.3 Å². The lowest BCUT2D eigenvalue weighted by atomic mass is 10.1. The van der Waals surface area contributed by atoms with E-state index in [1.807, 2.05) is 6.07 Å². The molecule has 0 aromatic carbocycles. The minimum Gasteiger partial charge on any atom is -0.481 e. The molecule has 0 bridgehead atoms. The van der Waals surface area contributed by atoms with Crippen molar-refractivity contribution in [2.24, 2.45) is 5.73 Å². The third-order valence-corrected chi connectivity index (χ3v) is 3.93. The van der Waals surface area contributed by atoms with Crippen LogP contribution in [-0.2, 0) is 12.8 Å². The molecule has 0 fully saturated rings. The highest BCUT2D eigenvalue weighted by atomic mass is 32.1. The number of nitrogens with two attached hydrogens (primary N) is 1. The molecule has 5 heteroatoms. The zero-order valence-electron chi connectivity index (χ0n) is 10.6. The molecule has 1 unspecified atom stereocenters. The van der Waals surface area contributed by atoms with E-state index in [1.165, 1.54) is 16.8 Å². The van der Waals surface area contributed by atoms with Gasteiger partial charge in [-0.3, -0.25) is 0 Å². The lowest BCUT2D eigenvalue weighted by molar-refractivity contribution is 0.395. The molecule has 4 nitrogen and oxygen atoms in total. The molecular weight excluding hydrogens is 246 g/mol. The molecule has 2 rings (SSSR count). The van der Waals surface area contributed by atoms with Crippen molar-refractivity contribution < 1.29 is 4.74 Å². The molecule has 2 N–H and O–H groups in total. The Balaban J connectivity index is 2.13. The van der Waals surface area contributed by atoms with Crippen LogP contribution >= 0.6 is 11.3 Å². The first-order chi connectivity index (χ1) is 8.74. The van der Waals surface area contributed by atoms with E-state index in [4.69, 9.17) is 10.5 Å². The third kappa shape index (κ3) is 2.86. The first-order valence-corrected chi connectivity index (χ1v) is 6.79. The van der Waals surface area contributed by atoms with Crippen molar-refractivity contribution in [3.63, 3.8) is 0 Å². The molecule has 0 saturated heterocycles. The van der Waals surface area contributed by atoms with Gasteiger partial charge in [0.15, 0.2) is 0 Å². The summed E-state index contributed by atoms with van der Waals surface area (Å²) in [5.74, 6) is 0.578. The summed E-state index contributed by atoms with van der Waals surface area (Å²) in [5, 5.41) is 2.09. The van der Waals surface area contributed by atoms with Crippen molar-refractivity contribution in [1.82, 2.24) is 9.97 Å². The van der Waals surface area contributed by atoms with Crippen molar-refractivity contribution >= 4 is 11.3 Å². The molecule has 2 heterocycles. The molecule has 18 heavy (non-hydrogen) atoms. The maximum absolute atomic E-state index is 6.25. The number of aryl methyl sites for hydroxylation is 1. The van der Waals surface area contributed by atoms with Crippen LogP contribution in [0.25, 0.3) is 0 Å². The average molecular weight is 263 g/mol. The minimum atomic E-state index is -0.0143. The Labute approximate surface area is 111 Å². The van der Waals surface area contributed by atoms with Gasteiger partial charge >= 0.3 is 0 Å². The standard InChI is InChI=1S/C13H17N3OS/c1-3-9-4-5-18-13(9)11(14)6-10-7-12(17-2)16-8-15-10/h4-5,7-8,11H,3,6,14H2,1-2H3. The van der Waals surface area contributed by atoms with Crippen LogP contribution in [0.4, 0.5) is 0 Å². The highest BCUT2D eigenvalue weighted by Gasteiger charge is 2.13. The predicted molar refractivity (Wildman–Crippen MR) is 72.9 cm³/mol. The lowest BCUT2D eigenvalue weighted by Crippen LogP contribution is -2.14. The molecule has 0 amide bonds. The number of rotatable bonds is 5. The molecule has 0 spiro atoms. The summed E-state index contributed by atoms with van der Waals surface area (Å²) < 4.78 is 5.08. The second-order valence-electron chi connectivity index (χ2n) is 4.03. The van der Waals surface area contributed by atoms with Crippen LogP contribution in [-0.4, -0.2) is 17.1 Å². The summed E-state index contributed by atoms with van der Waals surface area (Å²) in [7, 11) is 1.60. The highest BCUT2D eigenvalue weighted by Crippen LogP contribution is 2.26. The van der Waals surface area contributed by atoms with Gasteiger partial charge in [0.05, 0.1) is 7.11 Å². The Morgan fingerprint density at radius 1 is 1.44 bits per heavy atom. The molecule has 0 aliphatic rings. The van der Waals surface area contributed by atoms with Gasteiger partial charge in [-0.1, -0.05) is 6.92 Å². The molecule has 0 aliphatic carbocycles. The molecule has 0 saturated carbocycles. The minimum absolute atomic E-state index is 0.0143. The molecular formula is C13H17N3OS. The zero-order valence-corrected chi connectivity index (χ0v) is 11.4. The summed E-state index contributed by atoms with van der Waals surface area (Å²) in [6, 6.07) is 3.96. The fraction of sp³-hybridized carbons (Fsp3) is 0.385. The number of aromatic nitrogens is 2. The summed E-state index contributed by atoms with van der Waals surface area (Å²) in [6.07, 6.45) is 3.22. The van der Waals surface area contributed by atoms with Crippen LogP contribution < -0.4 is 10.5 Å². The van der Waals surface area contributed by atoms with Gasteiger partial charge in [-0.25, -0.2) is 9.97 Å². The Bertz CT molecular complexity index is 512. The fourth-order valence-corrected chi connectivity index (χ4v) is 2.88. The normalized spacial score (nSPS) is 12.4. The second kappa shape index (κ2) is 5.93. The predicted octanol–water partition coefficient (Wildman–Crippen LogP) is 2.35. The Kier molecular flexibility index (Phi) is 4.28. The largest absolute Gasteiger partial charge is 0.481 e. The maximum Gasteiger partial charge on any atom is 0.216 e. The number of thiophene rings is 1. The van der Waals surface area contributed by atoms with Gasteiger partial charge in [-0.15, -0.1) is 11.3 Å². The Morgan fingerprint density at radius 2 is 2.28 bits per heavy atom. The monoisotopic (exact) mass is 263 g/mol. The van der Waals surface area contributed by atoms with Gasteiger partial charge < -0.3 is 10.5 Å². The van der Waals surface area contributed by atoms with E-state index in [-0.39, 0.29) is 6.04 Å². The van der Waals surface area contributed by atoms with Crippen molar-refractivity contribution in [2.45, 2.75) is 25.8 Å². The van der Waals surface area contributed by atoms with Crippen LogP contribution in [0.2, 0.25) is 0 Å². The van der Waals surface area contributed by atoms with Gasteiger partial charge in [-0.2, -0.15) is 0 Å². The van der Waals surface area contributed by atoms with Crippen LogP contribution in [0.1, 0.15) is 29.1 Å². The molecule has 2 aromatic rings. The average Bonchev–Trinajstić information content (AvgIpc) is 2.87. The zero-order chi connectivity index (χ0) is 13.0. The lowest BCUT2D eigenvalue weighted by Gasteiger charge is -2.11. The van der Waals surface area contributed by atoms with Gasteiger partial charge in [-0.05, 0) is 23.4 Å². The van der Waals surface area contributed by atoms with Gasteiger partial charge in [0.2, 0.25) is 5.88 Å². The van der Waals surface area contributed by atoms with Crippen molar-refractivity contribution in [2.75, 3.05) is 7.11 Å². The maximum atomic E-state index is 6.25. The van der Waals surface area contributed by atoms with Crippen molar-refractivity contribution in [3.05, 3.63) is 40.0 Å². The number of nitrogens with zero attached hydrogens (tertiary/aromatic N) is 2. The SMILES string of the molecule is CCc1ccsc1C(N)Cc1cc(OC)ncn1. The third-order valence-electron chi connectivity index (χ3n) is 2.84. The Morgan fingerprint density at radius 3 is 3.00 bits per heavy atom. The summed E-state index contributed by atoms with van der Waals surface area (Å²) in [4.78, 5) is 9.46. The van der Waals surface area contributed by atoms with Gasteiger partial charge in [0.1, 0.15) is 6.33 Å². The highest BCUT2D eigenvalue weighted by molar-refractivity contribution is 7.10. The van der Waals surface area contributed by atoms with E-state index in [0.717, 1.165) is 12.1 Å². The molecule has 0 radical (unpaired) electrons. The molecule has 96 valence electrons. The number of ether oxygens (including phenoxy) is 1. The summed E-state index contributed by atoms with van der Waals surface area (Å²) in [5.41, 5.74) is 8.48. The van der Waals surface area contributed by atoms with Crippen molar-refractivity contribution in [3.8, 4) is 5.88 Å². The van der Waals surface area contributed by atoms with Crippen LogP contribution in [0, 0.1) is 0 Å². The smallest absolute Gasteiger partial charge is 0.216 e. The van der Waals surface area contributed by atoms with E-state index >= 15 is 0 Å². The van der Waals surface area contributed by atoms with E-state index in [0.29, 0.717) is 12.3 Å². The van der Waals surface area contributed by atoms with Crippen LogP contribution in [0.5, 0.6) is 5.88 Å². The summed E-state index contributed by atoms with van der Waals surface area (Å²) in [6.45, 7) is 2.14. The van der Waals surface area contributed by atoms with E-state index in [1.54, 1.807) is 18.4 Å². The van der Waals surface area contributed by atoms with E-state index < -0.39 is 0 Å². The number of hydrogen-bond acceptors (Lipinski definition) is 5. The Hall–Kier alpha value is -1.46. The first-order valence-electron chi connectivity index (χ1n) is 5.91. The second-order valence-corrected chi connectivity index (χ2v) is 4.97. The molecule has 2 aromatic heterocycles. The molecule has 1 atom stereocenters. The number of methoxy groups -OCH3 is 1. The summed E-state index contributed by atoms with van der Waals surface area (Å²) >= 11 is 1.71. The van der Waals surface area contributed by atoms with Gasteiger partial charge in [0.25, 0.3) is 0 Å². The van der Waals surface area contributed by atoms with Crippen LogP contribution in [0.3, 0.4) is 0 Å². The van der Waals surface area contributed by atoms with E-state index in [9.17, 15) is 0 Å². The van der Waals surface area contributed by atoms with Gasteiger partial charge in [0, 0.05) is 29.1 Å². The first kappa shape index (κ1) is 13.0. The fourth-order valence-electron chi connectivity index (χ4n) is 1.88. The van der Waals surface area contributed by atoms with Crippen LogP contribution in [0.15, 0.2) is 23.8 Å². The van der Waals surface area contributed by atoms with Crippen molar-refractivity contribution in [1.29, 1.82) is 0 Å².